The third-order valence-electron chi connectivity index (χ3n) is 4.02. The van der Waals surface area contributed by atoms with Gasteiger partial charge in [0.05, 0.1) is 11.6 Å². The van der Waals surface area contributed by atoms with Gasteiger partial charge in [0.25, 0.3) is 0 Å². The molecule has 0 aliphatic carbocycles. The second-order valence-electron chi connectivity index (χ2n) is 6.02. The number of pyridine rings is 1. The summed E-state index contributed by atoms with van der Waals surface area (Å²) >= 11 is 1.72. The highest BCUT2D eigenvalue weighted by Gasteiger charge is 2.15. The lowest BCUT2D eigenvalue weighted by Gasteiger charge is -2.15. The Bertz CT molecular complexity index is 978. The van der Waals surface area contributed by atoms with Crippen molar-refractivity contribution < 1.29 is 0 Å². The monoisotopic (exact) mass is 350 g/mol. The first kappa shape index (κ1) is 15.7. The lowest BCUT2D eigenvalue weighted by Crippen LogP contribution is -2.19. The highest BCUT2D eigenvalue weighted by atomic mass is 32.1. The Morgan fingerprint density at radius 1 is 1.24 bits per heavy atom. The fourth-order valence-electron chi connectivity index (χ4n) is 2.80. The molecule has 0 amide bonds. The number of aryl methyl sites for hydroxylation is 1. The Morgan fingerprint density at radius 2 is 2.16 bits per heavy atom. The van der Waals surface area contributed by atoms with E-state index in [2.05, 4.69) is 44.1 Å². The topological polar surface area (TPSA) is 68.5 Å². The van der Waals surface area contributed by atoms with Crippen molar-refractivity contribution in [2.75, 3.05) is 5.32 Å². The number of nitrogens with one attached hydrogen (secondary N) is 1. The molecule has 6 nitrogen and oxygen atoms in total. The van der Waals surface area contributed by atoms with Crippen molar-refractivity contribution >= 4 is 28.2 Å². The van der Waals surface area contributed by atoms with Crippen LogP contribution >= 0.6 is 11.3 Å². The first-order valence-electron chi connectivity index (χ1n) is 8.08. The Labute approximate surface area is 149 Å². The fraction of sp³-hybridized carbons (Fsp3) is 0.222. The lowest BCUT2D eigenvalue weighted by atomic mass is 10.1. The van der Waals surface area contributed by atoms with Gasteiger partial charge in [0.15, 0.2) is 11.5 Å². The van der Waals surface area contributed by atoms with E-state index in [9.17, 15) is 0 Å². The van der Waals surface area contributed by atoms with E-state index in [0.29, 0.717) is 5.82 Å². The largest absolute Gasteiger partial charge is 0.367 e. The van der Waals surface area contributed by atoms with E-state index in [0.717, 1.165) is 28.8 Å². The number of rotatable bonds is 5. The summed E-state index contributed by atoms with van der Waals surface area (Å²) in [5.41, 5.74) is 3.02. The molecule has 4 aromatic rings. The van der Waals surface area contributed by atoms with Crippen molar-refractivity contribution in [3.8, 4) is 11.4 Å². The van der Waals surface area contributed by atoms with Crippen molar-refractivity contribution in [3.05, 3.63) is 53.1 Å². The summed E-state index contributed by atoms with van der Waals surface area (Å²) in [6.45, 7) is 2.16. The Morgan fingerprint density at radius 3 is 2.92 bits per heavy atom. The van der Waals surface area contributed by atoms with Crippen LogP contribution in [-0.4, -0.2) is 30.8 Å². The first-order valence-corrected chi connectivity index (χ1v) is 9.03. The smallest absolute Gasteiger partial charge is 0.165 e. The van der Waals surface area contributed by atoms with Crippen LogP contribution in [0.4, 0.5) is 5.82 Å². The Hall–Kier alpha value is -2.80. The number of hydrogen-bond donors (Lipinski definition) is 1. The molecule has 1 atom stereocenters. The van der Waals surface area contributed by atoms with Crippen molar-refractivity contribution in [2.24, 2.45) is 7.05 Å². The maximum Gasteiger partial charge on any atom is 0.165 e. The molecular formula is C18H18N6S. The molecule has 0 radical (unpaired) electrons. The van der Waals surface area contributed by atoms with E-state index in [4.69, 9.17) is 4.98 Å². The summed E-state index contributed by atoms with van der Waals surface area (Å²) in [7, 11) is 1.89. The van der Waals surface area contributed by atoms with Gasteiger partial charge in [-0.05, 0) is 47.9 Å². The molecule has 0 saturated heterocycles. The zero-order valence-electron chi connectivity index (χ0n) is 14.0. The molecule has 7 heteroatoms. The van der Waals surface area contributed by atoms with Crippen molar-refractivity contribution in [1.29, 1.82) is 0 Å². The van der Waals surface area contributed by atoms with E-state index < -0.39 is 0 Å². The second kappa shape index (κ2) is 6.60. The zero-order valence-corrected chi connectivity index (χ0v) is 14.9. The molecule has 4 rings (SSSR count). The van der Waals surface area contributed by atoms with Crippen LogP contribution in [0, 0.1) is 0 Å². The average Bonchev–Trinajstić information content (AvgIpc) is 3.26. The normalized spacial score (nSPS) is 12.4. The molecule has 0 bridgehead atoms. The summed E-state index contributed by atoms with van der Waals surface area (Å²) in [6, 6.07) is 6.25. The van der Waals surface area contributed by atoms with Crippen LogP contribution in [0.1, 0.15) is 12.5 Å². The molecule has 1 N–H and O–H groups in total. The summed E-state index contributed by atoms with van der Waals surface area (Å²) in [6.07, 6.45) is 6.27. The zero-order chi connectivity index (χ0) is 17.2. The highest BCUT2D eigenvalue weighted by molar-refractivity contribution is 7.07. The number of anilines is 1. The maximum absolute atomic E-state index is 4.74. The molecular weight excluding hydrogens is 332 g/mol. The molecule has 4 heterocycles. The predicted octanol–water partition coefficient (Wildman–Crippen LogP) is 3.53. The summed E-state index contributed by atoms with van der Waals surface area (Å²) < 4.78 is 1.77. The minimum Gasteiger partial charge on any atom is -0.367 e. The number of thiophene rings is 1. The number of nitrogens with zero attached hydrogens (tertiary/aromatic N) is 5. The van der Waals surface area contributed by atoms with Gasteiger partial charge in [-0.2, -0.15) is 16.4 Å². The van der Waals surface area contributed by atoms with Gasteiger partial charge in [-0.25, -0.2) is 9.97 Å². The van der Waals surface area contributed by atoms with E-state index in [-0.39, 0.29) is 6.04 Å². The molecule has 0 aliphatic heterocycles. The van der Waals surface area contributed by atoms with Gasteiger partial charge >= 0.3 is 0 Å². The molecule has 0 aromatic carbocycles. The van der Waals surface area contributed by atoms with Gasteiger partial charge in [0.1, 0.15) is 5.82 Å². The minimum absolute atomic E-state index is 0.245. The molecule has 0 aliphatic rings. The number of hydrogen-bond acceptors (Lipinski definition) is 6. The minimum atomic E-state index is 0.245. The SMILES string of the molecule is C[C@@H](Cc1ccsc1)Nc1nc(-c2cccnc2)nc2c1cnn2C. The third-order valence-corrected chi connectivity index (χ3v) is 4.75. The number of fused-ring (bicyclic) bond motifs is 1. The van der Waals surface area contributed by atoms with Crippen LogP contribution in [0.3, 0.4) is 0 Å². The standard InChI is InChI=1S/C18H18N6S/c1-12(8-13-5-7-25-11-13)21-17-15-10-20-24(2)18(15)23-16(22-17)14-4-3-6-19-9-14/h3-7,9-12H,8H2,1-2H3,(H,21,22,23)/t12-/m0/s1. The van der Waals surface area contributed by atoms with Gasteiger partial charge in [0.2, 0.25) is 0 Å². The lowest BCUT2D eigenvalue weighted by molar-refractivity contribution is 0.782. The maximum atomic E-state index is 4.74. The third kappa shape index (κ3) is 3.23. The summed E-state index contributed by atoms with van der Waals surface area (Å²) in [5, 5.41) is 13.1. The van der Waals surface area contributed by atoms with Crippen molar-refractivity contribution in [1.82, 2.24) is 24.7 Å². The summed E-state index contributed by atoms with van der Waals surface area (Å²) in [4.78, 5) is 13.6. The molecule has 0 saturated carbocycles. The van der Waals surface area contributed by atoms with E-state index in [1.54, 1.807) is 28.4 Å². The molecule has 126 valence electrons. The quantitative estimate of drug-likeness (QED) is 0.596. The first-order chi connectivity index (χ1) is 12.2. The van der Waals surface area contributed by atoms with Gasteiger partial charge in [-0.15, -0.1) is 0 Å². The van der Waals surface area contributed by atoms with Gasteiger partial charge in [0, 0.05) is 31.0 Å². The predicted molar refractivity (Wildman–Crippen MR) is 101 cm³/mol. The Balaban J connectivity index is 1.71. The second-order valence-corrected chi connectivity index (χ2v) is 6.80. The van der Waals surface area contributed by atoms with Crippen molar-refractivity contribution in [2.45, 2.75) is 19.4 Å². The molecule has 0 fully saturated rings. The highest BCUT2D eigenvalue weighted by Crippen LogP contribution is 2.25. The molecule has 0 unspecified atom stereocenters. The van der Waals surface area contributed by atoms with E-state index in [1.807, 2.05) is 25.4 Å². The van der Waals surface area contributed by atoms with Crippen LogP contribution in [-0.2, 0) is 13.5 Å². The van der Waals surface area contributed by atoms with E-state index >= 15 is 0 Å². The van der Waals surface area contributed by atoms with E-state index in [1.165, 1.54) is 5.56 Å². The fourth-order valence-corrected chi connectivity index (χ4v) is 3.48. The van der Waals surface area contributed by atoms with Gasteiger partial charge in [-0.1, -0.05) is 0 Å². The molecule has 4 aromatic heterocycles. The Kier molecular flexibility index (Phi) is 4.15. The van der Waals surface area contributed by atoms with Crippen LogP contribution in [0.2, 0.25) is 0 Å². The number of aromatic nitrogens is 5. The molecule has 25 heavy (non-hydrogen) atoms. The van der Waals surface area contributed by atoms with Crippen LogP contribution < -0.4 is 5.32 Å². The summed E-state index contributed by atoms with van der Waals surface area (Å²) in [5.74, 6) is 1.45. The van der Waals surface area contributed by atoms with Gasteiger partial charge < -0.3 is 5.32 Å². The van der Waals surface area contributed by atoms with Crippen LogP contribution in [0.15, 0.2) is 47.5 Å². The average molecular weight is 350 g/mol. The van der Waals surface area contributed by atoms with Crippen molar-refractivity contribution in [3.63, 3.8) is 0 Å². The van der Waals surface area contributed by atoms with Crippen LogP contribution in [0.25, 0.3) is 22.4 Å². The van der Waals surface area contributed by atoms with Gasteiger partial charge in [-0.3, -0.25) is 9.67 Å². The van der Waals surface area contributed by atoms with Crippen LogP contribution in [0.5, 0.6) is 0 Å². The molecule has 0 spiro atoms.